The van der Waals surface area contributed by atoms with Crippen LogP contribution in [-0.4, -0.2) is 21.6 Å². The number of carbonyl (C=O) groups excluding carboxylic acids is 1. The Morgan fingerprint density at radius 1 is 1.22 bits per heavy atom. The lowest BCUT2D eigenvalue weighted by atomic mass is 9.87. The van der Waals surface area contributed by atoms with E-state index in [-0.39, 0.29) is 22.2 Å². The lowest BCUT2D eigenvalue weighted by Gasteiger charge is -2.22. The summed E-state index contributed by atoms with van der Waals surface area (Å²) in [6.07, 6.45) is 2.98. The van der Waals surface area contributed by atoms with Crippen LogP contribution in [0.4, 0.5) is 29.7 Å². The molecule has 0 saturated carbocycles. The topological polar surface area (TPSA) is 92.9 Å². The number of pyridine rings is 1. The molecule has 0 saturated heterocycles. The predicted molar refractivity (Wildman–Crippen MR) is 142 cm³/mol. The van der Waals surface area contributed by atoms with Crippen LogP contribution in [-0.2, 0) is 0 Å². The molecule has 4 N–H and O–H groups in total. The summed E-state index contributed by atoms with van der Waals surface area (Å²) in [7, 11) is 0. The second-order valence-corrected chi connectivity index (χ2v) is 11.1. The molecule has 192 valence electrons. The van der Waals surface area contributed by atoms with E-state index in [1.807, 2.05) is 0 Å². The normalized spacial score (nSPS) is 11.5. The number of rotatable bonds is 11. The van der Waals surface area contributed by atoms with Crippen molar-refractivity contribution in [2.24, 2.45) is 5.41 Å². The van der Waals surface area contributed by atoms with Gasteiger partial charge in [0.05, 0.1) is 33.7 Å². The highest BCUT2D eigenvalue weighted by atomic mass is 32.2. The van der Waals surface area contributed by atoms with Crippen molar-refractivity contribution in [3.05, 3.63) is 65.2 Å². The molecule has 0 aliphatic rings. The van der Waals surface area contributed by atoms with E-state index in [1.165, 1.54) is 41.4 Å². The first kappa shape index (κ1) is 27.5. The van der Waals surface area contributed by atoms with E-state index in [9.17, 15) is 13.6 Å². The van der Waals surface area contributed by atoms with Crippen LogP contribution in [0.5, 0.6) is 0 Å². The molecule has 1 aromatic carbocycles. The molecule has 1 amide bonds. The lowest BCUT2D eigenvalue weighted by Crippen LogP contribution is -2.15. The van der Waals surface area contributed by atoms with Gasteiger partial charge in [-0.05, 0) is 35.8 Å². The van der Waals surface area contributed by atoms with Crippen LogP contribution in [0.15, 0.2) is 48.3 Å². The Hall–Kier alpha value is -3.05. The fourth-order valence-electron chi connectivity index (χ4n) is 3.06. The van der Waals surface area contributed by atoms with E-state index >= 15 is 4.39 Å². The number of nitrogen functional groups attached to an aromatic ring is 1. The van der Waals surface area contributed by atoms with Gasteiger partial charge in [-0.2, -0.15) is 0 Å². The van der Waals surface area contributed by atoms with Crippen molar-refractivity contribution in [2.75, 3.05) is 22.1 Å². The Morgan fingerprint density at radius 2 is 1.97 bits per heavy atom. The molecule has 2 aromatic heterocycles. The third kappa shape index (κ3) is 7.23. The average Bonchev–Trinajstić information content (AvgIpc) is 3.27. The van der Waals surface area contributed by atoms with Gasteiger partial charge in [0.15, 0.2) is 5.13 Å². The van der Waals surface area contributed by atoms with Gasteiger partial charge < -0.3 is 16.4 Å². The highest BCUT2D eigenvalue weighted by Crippen LogP contribution is 2.36. The quantitative estimate of drug-likeness (QED) is 0.221. The number of amides is 1. The summed E-state index contributed by atoms with van der Waals surface area (Å²) in [5.41, 5.74) is 6.28. The van der Waals surface area contributed by atoms with Crippen LogP contribution < -0.4 is 16.4 Å². The minimum atomic E-state index is -2.75. The summed E-state index contributed by atoms with van der Waals surface area (Å²) in [5.74, 6) is -0.784. The van der Waals surface area contributed by atoms with Crippen molar-refractivity contribution in [2.45, 2.75) is 44.9 Å². The van der Waals surface area contributed by atoms with Gasteiger partial charge in [-0.15, -0.1) is 11.8 Å². The van der Waals surface area contributed by atoms with E-state index in [0.717, 1.165) is 30.9 Å². The van der Waals surface area contributed by atoms with E-state index in [1.54, 1.807) is 6.20 Å². The molecule has 6 nitrogen and oxygen atoms in total. The smallest absolute Gasteiger partial charge is 0.265 e. The Balaban J connectivity index is 1.89. The van der Waals surface area contributed by atoms with Gasteiger partial charge in [-0.3, -0.25) is 9.78 Å². The van der Waals surface area contributed by atoms with Gasteiger partial charge in [0, 0.05) is 22.9 Å². The van der Waals surface area contributed by atoms with Gasteiger partial charge in [0.2, 0.25) is 0 Å². The first-order chi connectivity index (χ1) is 17.0. The summed E-state index contributed by atoms with van der Waals surface area (Å²) in [6, 6.07) is 3.78. The Morgan fingerprint density at radius 3 is 2.61 bits per heavy atom. The highest BCUT2D eigenvalue weighted by Gasteiger charge is 2.20. The molecule has 2 heterocycles. The Bertz CT molecular complexity index is 1250. The second-order valence-electron chi connectivity index (χ2n) is 8.87. The van der Waals surface area contributed by atoms with Gasteiger partial charge in [-0.25, -0.2) is 18.2 Å². The van der Waals surface area contributed by atoms with E-state index in [0.29, 0.717) is 26.3 Å². The van der Waals surface area contributed by atoms with Crippen molar-refractivity contribution < 1.29 is 18.0 Å². The highest BCUT2D eigenvalue weighted by molar-refractivity contribution is 7.99. The molecule has 3 rings (SSSR count). The number of aromatic nitrogens is 2. The SMILES string of the molecule is C=C(Nc1cc(C(=O)Nc2cncc(C(F)F)c2)c(F)cc1SCCC(C)(C)CC)c1cnc(N)s1. The molecular formula is C25H28F3N5OS2. The monoisotopic (exact) mass is 535 g/mol. The van der Waals surface area contributed by atoms with Gasteiger partial charge >= 0.3 is 0 Å². The number of hydrogen-bond donors (Lipinski definition) is 3. The molecule has 0 bridgehead atoms. The van der Waals surface area contributed by atoms with Crippen molar-refractivity contribution in [1.82, 2.24) is 9.97 Å². The molecule has 0 radical (unpaired) electrons. The van der Waals surface area contributed by atoms with Crippen LogP contribution in [0.1, 0.15) is 60.8 Å². The molecule has 0 aliphatic heterocycles. The number of nitrogens with two attached hydrogens (primary N) is 1. The first-order valence-corrected chi connectivity index (χ1v) is 13.0. The number of carbonyl (C=O) groups is 1. The van der Waals surface area contributed by atoms with E-state index < -0.39 is 18.1 Å². The minimum absolute atomic E-state index is 0.0384. The molecule has 0 atom stereocenters. The minimum Gasteiger partial charge on any atom is -0.375 e. The van der Waals surface area contributed by atoms with E-state index in [4.69, 9.17) is 5.73 Å². The van der Waals surface area contributed by atoms with Crippen LogP contribution in [0.25, 0.3) is 5.70 Å². The molecular weight excluding hydrogens is 507 g/mol. The molecule has 0 unspecified atom stereocenters. The number of alkyl halides is 2. The third-order valence-corrected chi connectivity index (χ3v) is 7.63. The maximum Gasteiger partial charge on any atom is 0.265 e. The standard InChI is InChI=1S/C25H28F3N5OS2/c1-5-25(3,4)6-7-35-20-10-18(26)17(9-19(20)32-14(2)21-13-31-24(29)36-21)23(34)33-16-8-15(22(27)28)11-30-12-16/h8-13,22,32H,2,5-7H2,1,3-4H3,(H2,29,31)(H,33,34). The summed E-state index contributed by atoms with van der Waals surface area (Å²) in [6.45, 7) is 10.5. The Kier molecular flexibility index (Phi) is 9.02. The number of thioether (sulfide) groups is 1. The number of benzene rings is 1. The summed E-state index contributed by atoms with van der Waals surface area (Å²) >= 11 is 2.71. The fourth-order valence-corrected chi connectivity index (χ4v) is 4.99. The third-order valence-electron chi connectivity index (χ3n) is 5.68. The molecule has 11 heteroatoms. The molecule has 0 spiro atoms. The molecule has 0 aliphatic carbocycles. The van der Waals surface area contributed by atoms with Crippen LogP contribution in [0, 0.1) is 11.2 Å². The van der Waals surface area contributed by atoms with Crippen molar-refractivity contribution in [3.63, 3.8) is 0 Å². The van der Waals surface area contributed by atoms with Gasteiger partial charge in [-0.1, -0.05) is 45.1 Å². The van der Waals surface area contributed by atoms with Crippen molar-refractivity contribution in [3.8, 4) is 0 Å². The zero-order valence-corrected chi connectivity index (χ0v) is 21.8. The molecule has 0 fully saturated rings. The number of nitrogens with zero attached hydrogens (tertiary/aromatic N) is 2. The average molecular weight is 536 g/mol. The Labute approximate surface area is 216 Å². The van der Waals surface area contributed by atoms with Crippen LogP contribution >= 0.6 is 23.1 Å². The number of thiazole rings is 1. The number of nitrogens with one attached hydrogen (secondary N) is 2. The molecule has 3 aromatic rings. The second kappa shape index (κ2) is 11.8. The predicted octanol–water partition coefficient (Wildman–Crippen LogP) is 7.45. The summed E-state index contributed by atoms with van der Waals surface area (Å²) in [5, 5.41) is 5.98. The zero-order valence-electron chi connectivity index (χ0n) is 20.2. The zero-order chi connectivity index (χ0) is 26.5. The summed E-state index contributed by atoms with van der Waals surface area (Å²) < 4.78 is 41.1. The summed E-state index contributed by atoms with van der Waals surface area (Å²) in [4.78, 5) is 21.9. The number of hydrogen-bond acceptors (Lipinski definition) is 7. The van der Waals surface area contributed by atoms with Crippen molar-refractivity contribution in [1.29, 1.82) is 0 Å². The maximum atomic E-state index is 15.1. The largest absolute Gasteiger partial charge is 0.375 e. The maximum absolute atomic E-state index is 15.1. The van der Waals surface area contributed by atoms with Crippen LogP contribution in [0.3, 0.4) is 0 Å². The van der Waals surface area contributed by atoms with Crippen molar-refractivity contribution >= 4 is 51.2 Å². The first-order valence-electron chi connectivity index (χ1n) is 11.2. The number of halogens is 3. The fraction of sp³-hybridized carbons (Fsp3) is 0.320. The van der Waals surface area contributed by atoms with E-state index in [2.05, 4.69) is 48.0 Å². The molecule has 36 heavy (non-hydrogen) atoms. The lowest BCUT2D eigenvalue weighted by molar-refractivity contribution is 0.102. The van der Waals surface area contributed by atoms with Gasteiger partial charge in [0.1, 0.15) is 5.82 Å². The van der Waals surface area contributed by atoms with Crippen LogP contribution in [0.2, 0.25) is 0 Å². The number of anilines is 3. The van der Waals surface area contributed by atoms with Gasteiger partial charge in [0.25, 0.3) is 12.3 Å².